The molecule has 0 fully saturated rings. The second-order valence-corrected chi connectivity index (χ2v) is 6.77. The van der Waals surface area contributed by atoms with Crippen LogP contribution in [0, 0.1) is 5.82 Å². The van der Waals surface area contributed by atoms with Crippen molar-refractivity contribution < 1.29 is 17.6 Å². The average molecular weight is 336 g/mol. The van der Waals surface area contributed by atoms with Crippen molar-refractivity contribution in [3.05, 3.63) is 59.9 Å². The van der Waals surface area contributed by atoms with Crippen molar-refractivity contribution in [3.8, 4) is 0 Å². The number of carbonyl (C=O) groups is 1. The summed E-state index contributed by atoms with van der Waals surface area (Å²) in [7, 11) is -3.36. The third kappa shape index (κ3) is 4.79. The lowest BCUT2D eigenvalue weighted by molar-refractivity contribution is 0.102. The number of carbonyl (C=O) groups excluding carboxylic acids is 1. The SMILES string of the molecule is CCCS(=O)(=O)Nc1ccc(NC(=O)c2ccccc2F)cc1. The van der Waals surface area contributed by atoms with Crippen LogP contribution in [0.2, 0.25) is 0 Å². The molecule has 0 radical (unpaired) electrons. The van der Waals surface area contributed by atoms with E-state index in [9.17, 15) is 17.6 Å². The van der Waals surface area contributed by atoms with E-state index in [1.165, 1.54) is 30.3 Å². The molecule has 0 saturated carbocycles. The highest BCUT2D eigenvalue weighted by molar-refractivity contribution is 7.92. The largest absolute Gasteiger partial charge is 0.322 e. The lowest BCUT2D eigenvalue weighted by Gasteiger charge is -2.09. The van der Waals surface area contributed by atoms with E-state index in [1.54, 1.807) is 25.1 Å². The minimum absolute atomic E-state index is 0.0404. The van der Waals surface area contributed by atoms with Crippen LogP contribution < -0.4 is 10.0 Å². The van der Waals surface area contributed by atoms with E-state index in [2.05, 4.69) is 10.0 Å². The smallest absolute Gasteiger partial charge is 0.258 e. The van der Waals surface area contributed by atoms with Gasteiger partial charge in [-0.25, -0.2) is 12.8 Å². The molecule has 0 aromatic heterocycles. The second-order valence-electron chi connectivity index (χ2n) is 4.93. The Morgan fingerprint density at radius 1 is 1.04 bits per heavy atom. The molecular formula is C16H17FN2O3S. The highest BCUT2D eigenvalue weighted by Crippen LogP contribution is 2.17. The van der Waals surface area contributed by atoms with Gasteiger partial charge in [0, 0.05) is 11.4 Å². The van der Waals surface area contributed by atoms with Crippen LogP contribution in [-0.4, -0.2) is 20.1 Å². The molecule has 5 nitrogen and oxygen atoms in total. The van der Waals surface area contributed by atoms with Gasteiger partial charge in [-0.3, -0.25) is 9.52 Å². The number of sulfonamides is 1. The fourth-order valence-electron chi connectivity index (χ4n) is 1.96. The van der Waals surface area contributed by atoms with Crippen LogP contribution in [0.4, 0.5) is 15.8 Å². The van der Waals surface area contributed by atoms with Crippen LogP contribution in [0.5, 0.6) is 0 Å². The molecule has 0 aliphatic rings. The first kappa shape index (κ1) is 17.0. The van der Waals surface area contributed by atoms with Gasteiger partial charge < -0.3 is 5.32 Å². The summed E-state index contributed by atoms with van der Waals surface area (Å²) in [6.45, 7) is 1.78. The highest BCUT2D eigenvalue weighted by atomic mass is 32.2. The molecule has 2 aromatic rings. The molecule has 0 aliphatic heterocycles. The number of hydrogen-bond acceptors (Lipinski definition) is 3. The van der Waals surface area contributed by atoms with Gasteiger partial charge in [0.1, 0.15) is 5.82 Å². The fraction of sp³-hybridized carbons (Fsp3) is 0.188. The summed E-state index contributed by atoms with van der Waals surface area (Å²) < 4.78 is 39.3. The van der Waals surface area contributed by atoms with Crippen molar-refractivity contribution in [2.45, 2.75) is 13.3 Å². The average Bonchev–Trinajstić information content (AvgIpc) is 2.49. The maximum atomic E-state index is 13.5. The monoisotopic (exact) mass is 336 g/mol. The first-order valence-electron chi connectivity index (χ1n) is 7.08. The zero-order chi connectivity index (χ0) is 16.9. The van der Waals surface area contributed by atoms with Crippen LogP contribution in [0.15, 0.2) is 48.5 Å². The van der Waals surface area contributed by atoms with Crippen molar-refractivity contribution in [2.75, 3.05) is 15.8 Å². The van der Waals surface area contributed by atoms with Crippen LogP contribution in [0.25, 0.3) is 0 Å². The number of anilines is 2. The Morgan fingerprint density at radius 2 is 1.65 bits per heavy atom. The standard InChI is InChI=1S/C16H17FN2O3S/c1-2-11-23(21,22)19-13-9-7-12(8-10-13)18-16(20)14-5-3-4-6-15(14)17/h3-10,19H,2,11H2,1H3,(H,18,20). The minimum Gasteiger partial charge on any atom is -0.322 e. The molecule has 1 amide bonds. The molecule has 7 heteroatoms. The van der Waals surface area contributed by atoms with Gasteiger partial charge in [0.2, 0.25) is 10.0 Å². The Kier molecular flexibility index (Phi) is 5.33. The summed E-state index contributed by atoms with van der Waals surface area (Å²) in [5.41, 5.74) is 0.791. The molecule has 0 bridgehead atoms. The lowest BCUT2D eigenvalue weighted by atomic mass is 10.2. The maximum Gasteiger partial charge on any atom is 0.258 e. The molecule has 23 heavy (non-hydrogen) atoms. The quantitative estimate of drug-likeness (QED) is 0.850. The number of halogens is 1. The van der Waals surface area contributed by atoms with E-state index >= 15 is 0 Å². The lowest BCUT2D eigenvalue weighted by Crippen LogP contribution is -2.16. The molecule has 2 aromatic carbocycles. The van der Waals surface area contributed by atoms with Gasteiger partial charge in [-0.1, -0.05) is 19.1 Å². The topological polar surface area (TPSA) is 75.3 Å². The summed E-state index contributed by atoms with van der Waals surface area (Å²) in [5, 5.41) is 2.56. The van der Waals surface area contributed by atoms with Crippen molar-refractivity contribution in [1.29, 1.82) is 0 Å². The van der Waals surface area contributed by atoms with Crippen LogP contribution >= 0.6 is 0 Å². The van der Waals surface area contributed by atoms with E-state index in [0.717, 1.165) is 0 Å². The predicted octanol–water partition coefficient (Wildman–Crippen LogP) is 3.23. The molecule has 0 unspecified atom stereocenters. The van der Waals surface area contributed by atoms with Crippen LogP contribution in [-0.2, 0) is 10.0 Å². The Hall–Kier alpha value is -2.41. The molecule has 122 valence electrons. The molecule has 0 heterocycles. The molecule has 0 aliphatic carbocycles. The molecule has 0 spiro atoms. The van der Waals surface area contributed by atoms with Gasteiger partial charge >= 0.3 is 0 Å². The zero-order valence-corrected chi connectivity index (χ0v) is 13.4. The number of benzene rings is 2. The van der Waals surface area contributed by atoms with E-state index in [0.29, 0.717) is 17.8 Å². The van der Waals surface area contributed by atoms with Crippen molar-refractivity contribution in [1.82, 2.24) is 0 Å². The Labute approximate surface area is 134 Å². The third-order valence-corrected chi connectivity index (χ3v) is 4.50. The Morgan fingerprint density at radius 3 is 2.26 bits per heavy atom. The summed E-state index contributed by atoms with van der Waals surface area (Å²) in [6, 6.07) is 11.8. The van der Waals surface area contributed by atoms with E-state index in [-0.39, 0.29) is 11.3 Å². The van der Waals surface area contributed by atoms with Gasteiger partial charge in [-0.05, 0) is 42.8 Å². The molecule has 2 rings (SSSR count). The Balaban J connectivity index is 2.06. The zero-order valence-electron chi connectivity index (χ0n) is 12.5. The Bertz CT molecular complexity index is 789. The molecular weight excluding hydrogens is 319 g/mol. The fourth-order valence-corrected chi connectivity index (χ4v) is 3.10. The maximum absolute atomic E-state index is 13.5. The van der Waals surface area contributed by atoms with Gasteiger partial charge in [0.15, 0.2) is 0 Å². The van der Waals surface area contributed by atoms with E-state index in [1.807, 2.05) is 0 Å². The van der Waals surface area contributed by atoms with E-state index < -0.39 is 21.7 Å². The van der Waals surface area contributed by atoms with E-state index in [4.69, 9.17) is 0 Å². The minimum atomic E-state index is -3.36. The van der Waals surface area contributed by atoms with Crippen molar-refractivity contribution in [3.63, 3.8) is 0 Å². The molecule has 2 N–H and O–H groups in total. The number of nitrogens with one attached hydrogen (secondary N) is 2. The van der Waals surface area contributed by atoms with Crippen molar-refractivity contribution >= 4 is 27.3 Å². The first-order valence-corrected chi connectivity index (χ1v) is 8.73. The van der Waals surface area contributed by atoms with Gasteiger partial charge in [0.05, 0.1) is 11.3 Å². The highest BCUT2D eigenvalue weighted by Gasteiger charge is 2.12. The summed E-state index contributed by atoms with van der Waals surface area (Å²) in [5.74, 6) is -1.13. The van der Waals surface area contributed by atoms with Crippen LogP contribution in [0.1, 0.15) is 23.7 Å². The number of hydrogen-bond donors (Lipinski definition) is 2. The number of rotatable bonds is 6. The first-order chi connectivity index (χ1) is 10.9. The molecule has 0 saturated heterocycles. The summed E-state index contributed by atoms with van der Waals surface area (Å²) in [6.07, 6.45) is 0.520. The summed E-state index contributed by atoms with van der Waals surface area (Å²) in [4.78, 5) is 12.0. The third-order valence-electron chi connectivity index (χ3n) is 3.01. The predicted molar refractivity (Wildman–Crippen MR) is 88.5 cm³/mol. The van der Waals surface area contributed by atoms with Crippen LogP contribution in [0.3, 0.4) is 0 Å². The van der Waals surface area contributed by atoms with Gasteiger partial charge in [-0.15, -0.1) is 0 Å². The van der Waals surface area contributed by atoms with Crippen molar-refractivity contribution in [2.24, 2.45) is 0 Å². The second kappa shape index (κ2) is 7.23. The van der Waals surface area contributed by atoms with Gasteiger partial charge in [0.25, 0.3) is 5.91 Å². The molecule has 0 atom stereocenters. The van der Waals surface area contributed by atoms with Gasteiger partial charge in [-0.2, -0.15) is 0 Å². The summed E-state index contributed by atoms with van der Waals surface area (Å²) >= 11 is 0. The number of amides is 1. The normalized spacial score (nSPS) is 11.0.